The van der Waals surface area contributed by atoms with Crippen LogP contribution in [0.1, 0.15) is 36.7 Å². The molecular weight excluding hydrogens is 202 g/mol. The topological polar surface area (TPSA) is 37.3 Å². The highest BCUT2D eigenvalue weighted by molar-refractivity contribution is 5.88. The Kier molecular flexibility index (Phi) is 2.79. The van der Waals surface area contributed by atoms with Crippen molar-refractivity contribution in [3.63, 3.8) is 0 Å². The van der Waals surface area contributed by atoms with Gasteiger partial charge in [0.05, 0.1) is 5.56 Å². The molecule has 0 heterocycles. The van der Waals surface area contributed by atoms with Crippen LogP contribution in [-0.4, -0.2) is 11.1 Å². The molecule has 0 aliphatic rings. The van der Waals surface area contributed by atoms with Crippen LogP contribution in [-0.2, 0) is 5.41 Å². The van der Waals surface area contributed by atoms with Crippen molar-refractivity contribution in [3.8, 4) is 0 Å². The molecule has 0 saturated heterocycles. The van der Waals surface area contributed by atoms with Crippen molar-refractivity contribution >= 4 is 5.97 Å². The van der Waals surface area contributed by atoms with E-state index in [4.69, 9.17) is 5.11 Å². The van der Waals surface area contributed by atoms with Gasteiger partial charge in [0, 0.05) is 0 Å². The van der Waals surface area contributed by atoms with Crippen molar-refractivity contribution in [2.45, 2.75) is 26.2 Å². The number of halogens is 2. The number of aromatic carboxylic acids is 1. The Morgan fingerprint density at radius 2 is 1.73 bits per heavy atom. The van der Waals surface area contributed by atoms with Gasteiger partial charge in [-0.15, -0.1) is 0 Å². The summed E-state index contributed by atoms with van der Waals surface area (Å²) in [4.78, 5) is 10.5. The minimum Gasteiger partial charge on any atom is -0.478 e. The summed E-state index contributed by atoms with van der Waals surface area (Å²) in [5, 5.41) is 8.58. The summed E-state index contributed by atoms with van der Waals surface area (Å²) in [7, 11) is 0. The van der Waals surface area contributed by atoms with Crippen LogP contribution < -0.4 is 0 Å². The smallest absolute Gasteiger partial charge is 0.338 e. The van der Waals surface area contributed by atoms with Crippen LogP contribution in [0.25, 0.3) is 0 Å². The average molecular weight is 214 g/mol. The highest BCUT2D eigenvalue weighted by Crippen LogP contribution is 2.27. The van der Waals surface area contributed by atoms with E-state index in [1.165, 1.54) is 6.07 Å². The average Bonchev–Trinajstić information content (AvgIpc) is 2.06. The monoisotopic (exact) mass is 214 g/mol. The Balaban J connectivity index is 3.41. The van der Waals surface area contributed by atoms with Crippen LogP contribution in [0.5, 0.6) is 0 Å². The Bertz CT molecular complexity index is 406. The maximum Gasteiger partial charge on any atom is 0.338 e. The summed E-state index contributed by atoms with van der Waals surface area (Å²) in [5.74, 6) is -3.84. The summed E-state index contributed by atoms with van der Waals surface area (Å²) in [5.41, 5.74) is -1.02. The van der Waals surface area contributed by atoms with E-state index in [0.29, 0.717) is 0 Å². The molecule has 0 unspecified atom stereocenters. The summed E-state index contributed by atoms with van der Waals surface area (Å²) >= 11 is 0. The normalized spacial score (nSPS) is 11.5. The van der Waals surface area contributed by atoms with Gasteiger partial charge in [-0.25, -0.2) is 13.6 Å². The molecule has 0 spiro atoms. The predicted octanol–water partition coefficient (Wildman–Crippen LogP) is 2.96. The second-order valence-corrected chi connectivity index (χ2v) is 4.34. The molecule has 0 amide bonds. The van der Waals surface area contributed by atoms with E-state index >= 15 is 0 Å². The molecule has 1 aromatic rings. The molecule has 2 nitrogen and oxygen atoms in total. The van der Waals surface area contributed by atoms with Gasteiger partial charge in [-0.1, -0.05) is 26.8 Å². The summed E-state index contributed by atoms with van der Waals surface area (Å²) in [6.45, 7) is 5.18. The van der Waals surface area contributed by atoms with Crippen molar-refractivity contribution in [2.75, 3.05) is 0 Å². The zero-order valence-electron chi connectivity index (χ0n) is 8.77. The van der Waals surface area contributed by atoms with E-state index < -0.39 is 28.6 Å². The van der Waals surface area contributed by atoms with Gasteiger partial charge in [0.2, 0.25) is 0 Å². The van der Waals surface area contributed by atoms with Crippen LogP contribution in [0.4, 0.5) is 8.78 Å². The van der Waals surface area contributed by atoms with E-state index in [1.807, 2.05) is 0 Å². The third-order valence-electron chi connectivity index (χ3n) is 2.12. The number of benzene rings is 1. The summed E-state index contributed by atoms with van der Waals surface area (Å²) in [6, 6.07) is 2.39. The molecule has 0 aliphatic carbocycles. The number of carbonyl (C=O) groups is 1. The first kappa shape index (κ1) is 11.6. The first-order valence-electron chi connectivity index (χ1n) is 4.47. The van der Waals surface area contributed by atoms with Crippen molar-refractivity contribution < 1.29 is 18.7 Å². The largest absolute Gasteiger partial charge is 0.478 e. The van der Waals surface area contributed by atoms with E-state index in [0.717, 1.165) is 6.07 Å². The standard InChI is InChI=1S/C11H12F2O2/c1-11(2,3)7-5-4-6(10(14)15)8(12)9(7)13/h4-5H,1-3H3,(H,14,15). The number of hydrogen-bond donors (Lipinski definition) is 1. The predicted molar refractivity (Wildman–Crippen MR) is 52.0 cm³/mol. The molecular formula is C11H12F2O2. The fraction of sp³-hybridized carbons (Fsp3) is 0.364. The van der Waals surface area contributed by atoms with Gasteiger partial charge >= 0.3 is 5.97 Å². The molecule has 15 heavy (non-hydrogen) atoms. The molecule has 0 bridgehead atoms. The number of carboxylic acid groups (broad SMARTS) is 1. The third-order valence-corrected chi connectivity index (χ3v) is 2.12. The molecule has 0 atom stereocenters. The second kappa shape index (κ2) is 3.61. The van der Waals surface area contributed by atoms with Gasteiger partial charge in [0.1, 0.15) is 0 Å². The Hall–Kier alpha value is -1.45. The summed E-state index contributed by atoms with van der Waals surface area (Å²) < 4.78 is 26.8. The third kappa shape index (κ3) is 2.14. The summed E-state index contributed by atoms with van der Waals surface area (Å²) in [6.07, 6.45) is 0. The highest BCUT2D eigenvalue weighted by Gasteiger charge is 2.24. The van der Waals surface area contributed by atoms with Gasteiger partial charge in [-0.05, 0) is 17.0 Å². The molecule has 0 saturated carbocycles. The first-order chi connectivity index (χ1) is 6.75. The van der Waals surface area contributed by atoms with Crippen LogP contribution in [0, 0.1) is 11.6 Å². The van der Waals surface area contributed by atoms with Crippen LogP contribution >= 0.6 is 0 Å². The molecule has 1 rings (SSSR count). The van der Waals surface area contributed by atoms with Crippen LogP contribution in [0.15, 0.2) is 12.1 Å². The van der Waals surface area contributed by atoms with E-state index in [2.05, 4.69) is 0 Å². The molecule has 4 heteroatoms. The highest BCUT2D eigenvalue weighted by atomic mass is 19.2. The Labute approximate surface area is 86.5 Å². The number of rotatable bonds is 1. The lowest BCUT2D eigenvalue weighted by atomic mass is 9.86. The Morgan fingerprint density at radius 1 is 1.20 bits per heavy atom. The van der Waals surface area contributed by atoms with Gasteiger partial charge < -0.3 is 5.11 Å². The van der Waals surface area contributed by atoms with Crippen LogP contribution in [0.2, 0.25) is 0 Å². The van der Waals surface area contributed by atoms with Gasteiger partial charge in [0.15, 0.2) is 11.6 Å². The van der Waals surface area contributed by atoms with Crippen molar-refractivity contribution in [3.05, 3.63) is 34.9 Å². The minimum absolute atomic E-state index is 0.171. The number of hydrogen-bond acceptors (Lipinski definition) is 1. The SMILES string of the molecule is CC(C)(C)c1ccc(C(=O)O)c(F)c1F. The second-order valence-electron chi connectivity index (χ2n) is 4.34. The van der Waals surface area contributed by atoms with Crippen molar-refractivity contribution in [1.82, 2.24) is 0 Å². The molecule has 1 aromatic carbocycles. The van der Waals surface area contributed by atoms with Gasteiger partial charge in [-0.2, -0.15) is 0 Å². The van der Waals surface area contributed by atoms with Crippen molar-refractivity contribution in [2.24, 2.45) is 0 Å². The molecule has 0 aromatic heterocycles. The van der Waals surface area contributed by atoms with Crippen molar-refractivity contribution in [1.29, 1.82) is 0 Å². The molecule has 0 aliphatic heterocycles. The number of carboxylic acids is 1. The van der Waals surface area contributed by atoms with E-state index in [1.54, 1.807) is 20.8 Å². The Morgan fingerprint density at radius 3 is 2.13 bits per heavy atom. The molecule has 0 fully saturated rings. The van der Waals surface area contributed by atoms with Crippen LogP contribution in [0.3, 0.4) is 0 Å². The lowest BCUT2D eigenvalue weighted by Gasteiger charge is -2.20. The molecule has 82 valence electrons. The van der Waals surface area contributed by atoms with Gasteiger partial charge in [0.25, 0.3) is 0 Å². The zero-order chi connectivity index (χ0) is 11.8. The maximum absolute atomic E-state index is 13.5. The lowest BCUT2D eigenvalue weighted by molar-refractivity contribution is 0.0690. The van der Waals surface area contributed by atoms with Gasteiger partial charge in [-0.3, -0.25) is 0 Å². The minimum atomic E-state index is -1.47. The zero-order valence-corrected chi connectivity index (χ0v) is 8.77. The van der Waals surface area contributed by atoms with E-state index in [-0.39, 0.29) is 5.56 Å². The molecule has 0 radical (unpaired) electrons. The fourth-order valence-electron chi connectivity index (χ4n) is 1.29. The fourth-order valence-corrected chi connectivity index (χ4v) is 1.29. The van der Waals surface area contributed by atoms with E-state index in [9.17, 15) is 13.6 Å². The maximum atomic E-state index is 13.5. The first-order valence-corrected chi connectivity index (χ1v) is 4.47. The quantitative estimate of drug-likeness (QED) is 0.780. The molecule has 1 N–H and O–H groups in total. The lowest BCUT2D eigenvalue weighted by Crippen LogP contribution is -2.16.